The summed E-state index contributed by atoms with van der Waals surface area (Å²) in [7, 11) is 0. The smallest absolute Gasteiger partial charge is 0.315 e. The van der Waals surface area contributed by atoms with Gasteiger partial charge in [-0.2, -0.15) is 0 Å². The van der Waals surface area contributed by atoms with Crippen molar-refractivity contribution in [3.05, 3.63) is 29.6 Å². The van der Waals surface area contributed by atoms with Crippen LogP contribution in [0.1, 0.15) is 24.5 Å². The molecule has 0 fully saturated rings. The lowest BCUT2D eigenvalue weighted by Gasteiger charge is -2.13. The molecule has 0 aliphatic carbocycles. The number of aromatic nitrogens is 1. The number of pyridine rings is 1. The zero-order chi connectivity index (χ0) is 13.4. The van der Waals surface area contributed by atoms with Crippen molar-refractivity contribution in [3.8, 4) is 0 Å². The molecule has 0 aliphatic rings. The SMILES string of the molecule is Cc1cnccc1CCNC(=O)N[C@H](C)CCO. The zero-order valence-corrected chi connectivity index (χ0v) is 10.9. The van der Waals surface area contributed by atoms with Gasteiger partial charge in [0, 0.05) is 31.6 Å². The van der Waals surface area contributed by atoms with Gasteiger partial charge in [-0.05, 0) is 43.9 Å². The number of aryl methyl sites for hydroxylation is 1. The largest absolute Gasteiger partial charge is 0.396 e. The van der Waals surface area contributed by atoms with Crippen molar-refractivity contribution < 1.29 is 9.90 Å². The number of amides is 2. The number of rotatable bonds is 6. The van der Waals surface area contributed by atoms with Gasteiger partial charge in [0.2, 0.25) is 0 Å². The summed E-state index contributed by atoms with van der Waals surface area (Å²) in [6.07, 6.45) is 4.93. The third kappa shape index (κ3) is 5.14. The molecule has 1 heterocycles. The lowest BCUT2D eigenvalue weighted by Crippen LogP contribution is -2.41. The van der Waals surface area contributed by atoms with Crippen LogP contribution in [0, 0.1) is 6.92 Å². The fraction of sp³-hybridized carbons (Fsp3) is 0.538. The molecular weight excluding hydrogens is 230 g/mol. The molecule has 0 saturated heterocycles. The van der Waals surface area contributed by atoms with Crippen LogP contribution in [0.15, 0.2) is 18.5 Å². The molecule has 0 saturated carbocycles. The Morgan fingerprint density at radius 2 is 2.33 bits per heavy atom. The van der Waals surface area contributed by atoms with Crippen molar-refractivity contribution in [1.29, 1.82) is 0 Å². The Morgan fingerprint density at radius 1 is 1.56 bits per heavy atom. The van der Waals surface area contributed by atoms with Crippen molar-refractivity contribution in [2.45, 2.75) is 32.7 Å². The number of carbonyl (C=O) groups excluding carboxylic acids is 1. The first-order valence-electron chi connectivity index (χ1n) is 6.18. The first-order valence-corrected chi connectivity index (χ1v) is 6.18. The molecule has 0 unspecified atom stereocenters. The fourth-order valence-electron chi connectivity index (χ4n) is 1.63. The van der Waals surface area contributed by atoms with E-state index in [0.717, 1.165) is 12.0 Å². The Morgan fingerprint density at radius 3 is 3.00 bits per heavy atom. The standard InChI is InChI=1S/C13H21N3O2/c1-10-9-14-6-3-12(10)4-7-15-13(18)16-11(2)5-8-17/h3,6,9,11,17H,4-5,7-8H2,1-2H3,(H2,15,16,18)/t11-/m1/s1. The summed E-state index contributed by atoms with van der Waals surface area (Å²) in [5, 5.41) is 14.3. The molecule has 1 rings (SSSR count). The summed E-state index contributed by atoms with van der Waals surface area (Å²) in [6.45, 7) is 4.54. The van der Waals surface area contributed by atoms with E-state index in [-0.39, 0.29) is 18.7 Å². The number of carbonyl (C=O) groups is 1. The minimum atomic E-state index is -0.192. The third-order valence-corrected chi connectivity index (χ3v) is 2.76. The highest BCUT2D eigenvalue weighted by molar-refractivity contribution is 5.74. The molecule has 0 aromatic carbocycles. The van der Waals surface area contributed by atoms with Crippen molar-refractivity contribution >= 4 is 6.03 Å². The van der Waals surface area contributed by atoms with Crippen LogP contribution in [0.5, 0.6) is 0 Å². The average molecular weight is 251 g/mol. The molecule has 5 heteroatoms. The Kier molecular flexibility index (Phi) is 6.14. The quantitative estimate of drug-likeness (QED) is 0.706. The molecule has 0 radical (unpaired) electrons. The number of urea groups is 1. The lowest BCUT2D eigenvalue weighted by atomic mass is 10.1. The highest BCUT2D eigenvalue weighted by atomic mass is 16.3. The van der Waals surface area contributed by atoms with E-state index in [9.17, 15) is 4.79 Å². The van der Waals surface area contributed by atoms with E-state index in [2.05, 4.69) is 15.6 Å². The van der Waals surface area contributed by atoms with Crippen molar-refractivity contribution in [3.63, 3.8) is 0 Å². The van der Waals surface area contributed by atoms with Gasteiger partial charge in [0.1, 0.15) is 0 Å². The molecule has 1 aromatic heterocycles. The van der Waals surface area contributed by atoms with Crippen molar-refractivity contribution in [1.82, 2.24) is 15.6 Å². The van der Waals surface area contributed by atoms with Crippen molar-refractivity contribution in [2.24, 2.45) is 0 Å². The Bertz CT molecular complexity index is 382. The minimum absolute atomic E-state index is 0.0161. The number of hydrogen-bond donors (Lipinski definition) is 3. The van der Waals surface area contributed by atoms with Gasteiger partial charge in [0.05, 0.1) is 0 Å². The molecule has 3 N–H and O–H groups in total. The van der Waals surface area contributed by atoms with Crippen LogP contribution < -0.4 is 10.6 Å². The Hall–Kier alpha value is -1.62. The summed E-state index contributed by atoms with van der Waals surface area (Å²) in [5.74, 6) is 0. The molecule has 5 nitrogen and oxygen atoms in total. The van der Waals surface area contributed by atoms with Gasteiger partial charge in [0.25, 0.3) is 0 Å². The zero-order valence-electron chi connectivity index (χ0n) is 10.9. The number of aliphatic hydroxyl groups excluding tert-OH is 1. The van der Waals surface area contributed by atoms with Gasteiger partial charge in [-0.25, -0.2) is 4.79 Å². The monoisotopic (exact) mass is 251 g/mol. The molecule has 0 spiro atoms. The van der Waals surface area contributed by atoms with Crippen LogP contribution in [-0.2, 0) is 6.42 Å². The molecule has 18 heavy (non-hydrogen) atoms. The number of hydrogen-bond acceptors (Lipinski definition) is 3. The van der Waals surface area contributed by atoms with E-state index in [1.165, 1.54) is 5.56 Å². The predicted molar refractivity (Wildman–Crippen MR) is 70.4 cm³/mol. The van der Waals surface area contributed by atoms with Crippen LogP contribution >= 0.6 is 0 Å². The predicted octanol–water partition coefficient (Wildman–Crippen LogP) is 1.00. The van der Waals surface area contributed by atoms with E-state index in [4.69, 9.17) is 5.11 Å². The molecule has 2 amide bonds. The molecule has 0 bridgehead atoms. The maximum Gasteiger partial charge on any atom is 0.315 e. The second-order valence-corrected chi connectivity index (χ2v) is 4.37. The van der Waals surface area contributed by atoms with Gasteiger partial charge in [-0.3, -0.25) is 4.98 Å². The number of nitrogens with zero attached hydrogens (tertiary/aromatic N) is 1. The van der Waals surface area contributed by atoms with Gasteiger partial charge >= 0.3 is 6.03 Å². The highest BCUT2D eigenvalue weighted by Crippen LogP contribution is 2.04. The summed E-state index contributed by atoms with van der Waals surface area (Å²) in [5.41, 5.74) is 2.32. The van der Waals surface area contributed by atoms with Crippen LogP contribution in [0.4, 0.5) is 4.79 Å². The van der Waals surface area contributed by atoms with E-state index in [1.807, 2.05) is 26.1 Å². The van der Waals surface area contributed by atoms with E-state index >= 15 is 0 Å². The first-order chi connectivity index (χ1) is 8.63. The molecule has 1 aromatic rings. The van der Waals surface area contributed by atoms with Crippen LogP contribution in [0.3, 0.4) is 0 Å². The van der Waals surface area contributed by atoms with E-state index in [0.29, 0.717) is 13.0 Å². The maximum absolute atomic E-state index is 11.5. The number of nitrogens with one attached hydrogen (secondary N) is 2. The Labute approximate surface area is 108 Å². The van der Waals surface area contributed by atoms with Crippen LogP contribution in [0.25, 0.3) is 0 Å². The van der Waals surface area contributed by atoms with Gasteiger partial charge in [-0.1, -0.05) is 0 Å². The molecule has 1 atom stereocenters. The average Bonchev–Trinajstić information content (AvgIpc) is 2.31. The van der Waals surface area contributed by atoms with Crippen LogP contribution in [0.2, 0.25) is 0 Å². The fourth-order valence-corrected chi connectivity index (χ4v) is 1.63. The summed E-state index contributed by atoms with van der Waals surface area (Å²) in [4.78, 5) is 15.5. The van der Waals surface area contributed by atoms with Gasteiger partial charge in [0.15, 0.2) is 0 Å². The summed E-state index contributed by atoms with van der Waals surface area (Å²) in [6, 6.07) is 1.75. The van der Waals surface area contributed by atoms with Crippen LogP contribution in [-0.4, -0.2) is 35.3 Å². The topological polar surface area (TPSA) is 74.2 Å². The minimum Gasteiger partial charge on any atom is -0.396 e. The van der Waals surface area contributed by atoms with E-state index < -0.39 is 0 Å². The second-order valence-electron chi connectivity index (χ2n) is 4.37. The highest BCUT2D eigenvalue weighted by Gasteiger charge is 2.05. The molecule has 0 aliphatic heterocycles. The molecule has 100 valence electrons. The summed E-state index contributed by atoms with van der Waals surface area (Å²) >= 11 is 0. The Balaban J connectivity index is 2.25. The van der Waals surface area contributed by atoms with E-state index in [1.54, 1.807) is 6.20 Å². The third-order valence-electron chi connectivity index (χ3n) is 2.76. The maximum atomic E-state index is 11.5. The van der Waals surface area contributed by atoms with Gasteiger partial charge in [-0.15, -0.1) is 0 Å². The normalized spacial score (nSPS) is 11.9. The number of aliphatic hydroxyl groups is 1. The van der Waals surface area contributed by atoms with Gasteiger partial charge < -0.3 is 15.7 Å². The first kappa shape index (κ1) is 14.4. The second kappa shape index (κ2) is 7.66. The lowest BCUT2D eigenvalue weighted by molar-refractivity contribution is 0.231. The summed E-state index contributed by atoms with van der Waals surface area (Å²) < 4.78 is 0. The molecular formula is C13H21N3O2. The van der Waals surface area contributed by atoms with Crippen molar-refractivity contribution in [2.75, 3.05) is 13.2 Å².